The van der Waals surface area contributed by atoms with Crippen molar-refractivity contribution in [2.75, 3.05) is 30.8 Å². The minimum Gasteiger partial charge on any atom is -0.306 e. The number of anilines is 1. The first kappa shape index (κ1) is 22.6. The Morgan fingerprint density at radius 1 is 1.12 bits per heavy atom. The maximum atomic E-state index is 13.5. The third kappa shape index (κ3) is 3.85. The fourth-order valence-electron chi connectivity index (χ4n) is 4.06. The van der Waals surface area contributed by atoms with Gasteiger partial charge >= 0.3 is 0 Å². The first-order valence-corrected chi connectivity index (χ1v) is 13.2. The van der Waals surface area contributed by atoms with Gasteiger partial charge < -0.3 is 4.90 Å². The van der Waals surface area contributed by atoms with E-state index < -0.39 is 10.0 Å². The summed E-state index contributed by atoms with van der Waals surface area (Å²) >= 11 is 1.48. The molecular formula is C23H26N4O3S2. The fraction of sp³-hybridized carbons (Fsp3) is 0.304. The van der Waals surface area contributed by atoms with Crippen LogP contribution in [0.25, 0.3) is 5.69 Å². The molecule has 0 unspecified atom stereocenters. The number of thioether (sulfide) groups is 1. The van der Waals surface area contributed by atoms with Crippen LogP contribution in [-0.4, -0.2) is 54.1 Å². The Kier molecular flexibility index (Phi) is 6.41. The topological polar surface area (TPSA) is 75.5 Å². The van der Waals surface area contributed by atoms with Crippen molar-refractivity contribution < 1.29 is 13.2 Å². The number of sulfonamides is 1. The molecule has 9 heteroatoms. The number of aromatic nitrogens is 2. The van der Waals surface area contributed by atoms with Gasteiger partial charge in [0, 0.05) is 31.0 Å². The summed E-state index contributed by atoms with van der Waals surface area (Å²) in [6.45, 7) is 4.99. The van der Waals surface area contributed by atoms with Gasteiger partial charge in [-0.2, -0.15) is 4.31 Å². The molecule has 32 heavy (non-hydrogen) atoms. The third-order valence-corrected chi connectivity index (χ3v) is 8.38. The van der Waals surface area contributed by atoms with Crippen LogP contribution in [-0.2, 0) is 16.4 Å². The van der Waals surface area contributed by atoms with Crippen molar-refractivity contribution in [1.29, 1.82) is 0 Å². The van der Waals surface area contributed by atoms with Crippen LogP contribution in [0.3, 0.4) is 0 Å². The monoisotopic (exact) mass is 470 g/mol. The number of carbonyl (C=O) groups excluding carboxylic acids is 1. The molecule has 1 aromatic heterocycles. The van der Waals surface area contributed by atoms with E-state index in [2.05, 4.69) is 4.98 Å². The van der Waals surface area contributed by atoms with Crippen molar-refractivity contribution in [2.24, 2.45) is 0 Å². The average Bonchev–Trinajstić information content (AvgIpc) is 3.43. The van der Waals surface area contributed by atoms with Gasteiger partial charge in [-0.3, -0.25) is 9.36 Å². The second-order valence-corrected chi connectivity index (χ2v) is 10.1. The molecule has 1 amide bonds. The van der Waals surface area contributed by atoms with E-state index in [4.69, 9.17) is 0 Å². The lowest BCUT2D eigenvalue weighted by molar-refractivity contribution is 0.0982. The summed E-state index contributed by atoms with van der Waals surface area (Å²) in [5, 5.41) is 0.736. The number of hydrogen-bond acceptors (Lipinski definition) is 5. The molecule has 0 fully saturated rings. The van der Waals surface area contributed by atoms with Crippen LogP contribution in [0.1, 0.15) is 29.9 Å². The Labute approximate surface area is 193 Å². The van der Waals surface area contributed by atoms with Crippen molar-refractivity contribution in [1.82, 2.24) is 13.9 Å². The van der Waals surface area contributed by atoms with Gasteiger partial charge in [0.05, 0.1) is 11.1 Å². The third-order valence-electron chi connectivity index (χ3n) is 5.68. The van der Waals surface area contributed by atoms with Gasteiger partial charge in [0.1, 0.15) is 5.69 Å². The Balaban J connectivity index is 1.70. The number of para-hydroxylation sites is 1. The number of imidazole rings is 1. The molecule has 1 aliphatic heterocycles. The predicted octanol–water partition coefficient (Wildman–Crippen LogP) is 3.83. The van der Waals surface area contributed by atoms with E-state index in [1.54, 1.807) is 29.3 Å². The van der Waals surface area contributed by atoms with Crippen molar-refractivity contribution in [2.45, 2.75) is 30.3 Å². The highest BCUT2D eigenvalue weighted by Crippen LogP contribution is 2.33. The zero-order valence-electron chi connectivity index (χ0n) is 18.4. The van der Waals surface area contributed by atoms with Gasteiger partial charge in [-0.1, -0.05) is 43.8 Å². The van der Waals surface area contributed by atoms with Crippen LogP contribution in [0.4, 0.5) is 5.69 Å². The van der Waals surface area contributed by atoms with Gasteiger partial charge in [0.2, 0.25) is 10.0 Å². The van der Waals surface area contributed by atoms with Crippen LogP contribution in [0.5, 0.6) is 0 Å². The highest BCUT2D eigenvalue weighted by molar-refractivity contribution is 7.98. The van der Waals surface area contributed by atoms with E-state index in [-0.39, 0.29) is 10.8 Å². The molecule has 0 saturated heterocycles. The number of fused-ring (bicyclic) bond motifs is 1. The molecule has 0 bridgehead atoms. The number of amides is 1. The lowest BCUT2D eigenvalue weighted by Crippen LogP contribution is -2.31. The highest BCUT2D eigenvalue weighted by atomic mass is 32.2. The minimum atomic E-state index is -3.54. The molecule has 7 nitrogen and oxygen atoms in total. The number of benzene rings is 2. The van der Waals surface area contributed by atoms with Crippen molar-refractivity contribution in [3.8, 4) is 5.69 Å². The maximum Gasteiger partial charge on any atom is 0.276 e. The second kappa shape index (κ2) is 9.09. The normalized spacial score (nSPS) is 13.6. The van der Waals surface area contributed by atoms with Gasteiger partial charge in [-0.15, -0.1) is 0 Å². The van der Waals surface area contributed by atoms with Crippen molar-refractivity contribution in [3.05, 3.63) is 66.0 Å². The van der Waals surface area contributed by atoms with E-state index in [0.29, 0.717) is 31.7 Å². The van der Waals surface area contributed by atoms with Crippen LogP contribution in [0.15, 0.2) is 64.8 Å². The summed E-state index contributed by atoms with van der Waals surface area (Å²) in [7, 11) is -3.54. The highest BCUT2D eigenvalue weighted by Gasteiger charge is 2.31. The molecule has 0 atom stereocenters. The van der Waals surface area contributed by atoms with Gasteiger partial charge in [0.15, 0.2) is 5.16 Å². The SMILES string of the molecule is CCN(CC)S(=O)(=O)c1ccc2c(c1)CCN2C(=O)c1cnc(SC)n1-c1ccccc1. The van der Waals surface area contributed by atoms with Crippen LogP contribution < -0.4 is 4.90 Å². The first-order chi connectivity index (χ1) is 15.4. The molecule has 168 valence electrons. The van der Waals surface area contributed by atoms with Gasteiger partial charge in [-0.05, 0) is 48.6 Å². The minimum absolute atomic E-state index is 0.153. The lowest BCUT2D eigenvalue weighted by atomic mass is 10.2. The van der Waals surface area contributed by atoms with E-state index >= 15 is 0 Å². The van der Waals surface area contributed by atoms with E-state index in [1.807, 2.05) is 55.0 Å². The molecular weight excluding hydrogens is 444 g/mol. The summed E-state index contributed by atoms with van der Waals surface area (Å²) < 4.78 is 29.1. The van der Waals surface area contributed by atoms with Crippen molar-refractivity contribution in [3.63, 3.8) is 0 Å². The summed E-state index contributed by atoms with van der Waals surface area (Å²) in [6, 6.07) is 14.7. The Hall–Kier alpha value is -2.62. The van der Waals surface area contributed by atoms with Crippen LogP contribution in [0.2, 0.25) is 0 Å². The maximum absolute atomic E-state index is 13.5. The molecule has 4 rings (SSSR count). The Bertz CT molecular complexity index is 1240. The average molecular weight is 471 g/mol. The molecule has 0 aliphatic carbocycles. The summed E-state index contributed by atoms with van der Waals surface area (Å²) in [5.74, 6) is -0.153. The molecule has 3 aromatic rings. The smallest absolute Gasteiger partial charge is 0.276 e. The van der Waals surface area contributed by atoms with Crippen LogP contribution in [0, 0.1) is 0 Å². The number of rotatable bonds is 7. The molecule has 0 spiro atoms. The number of hydrogen-bond donors (Lipinski definition) is 0. The largest absolute Gasteiger partial charge is 0.306 e. The summed E-state index contributed by atoms with van der Waals surface area (Å²) in [6.07, 6.45) is 4.15. The Morgan fingerprint density at radius 3 is 2.50 bits per heavy atom. The van der Waals surface area contributed by atoms with E-state index in [0.717, 1.165) is 22.1 Å². The molecule has 2 heterocycles. The molecule has 0 radical (unpaired) electrons. The quantitative estimate of drug-likeness (QED) is 0.491. The molecule has 2 aromatic carbocycles. The van der Waals surface area contributed by atoms with Crippen molar-refractivity contribution >= 4 is 33.4 Å². The van der Waals surface area contributed by atoms with E-state index in [9.17, 15) is 13.2 Å². The molecule has 0 N–H and O–H groups in total. The summed E-state index contributed by atoms with van der Waals surface area (Å²) in [5.41, 5.74) is 2.97. The Morgan fingerprint density at radius 2 is 1.84 bits per heavy atom. The number of nitrogens with zero attached hydrogens (tertiary/aromatic N) is 4. The van der Waals surface area contributed by atoms with Gasteiger partial charge in [-0.25, -0.2) is 13.4 Å². The zero-order valence-corrected chi connectivity index (χ0v) is 20.0. The standard InChI is InChI=1S/C23H26N4O3S2/c1-4-25(5-2)32(29,30)19-11-12-20-17(15-19)13-14-26(20)22(28)21-16-24-23(31-3)27(21)18-9-7-6-8-10-18/h6-12,15-16H,4-5,13-14H2,1-3H3. The predicted molar refractivity (Wildman–Crippen MR) is 127 cm³/mol. The summed E-state index contributed by atoms with van der Waals surface area (Å²) in [4.78, 5) is 20.0. The molecule has 1 aliphatic rings. The lowest BCUT2D eigenvalue weighted by Gasteiger charge is -2.21. The fourth-order valence-corrected chi connectivity index (χ4v) is 6.11. The zero-order chi connectivity index (χ0) is 22.9. The van der Waals surface area contributed by atoms with Gasteiger partial charge in [0.25, 0.3) is 5.91 Å². The van der Waals surface area contributed by atoms with Crippen LogP contribution >= 0.6 is 11.8 Å². The second-order valence-electron chi connectivity index (χ2n) is 7.39. The number of carbonyl (C=O) groups is 1. The van der Waals surface area contributed by atoms with E-state index in [1.165, 1.54) is 16.1 Å². The molecule has 0 saturated carbocycles. The first-order valence-electron chi connectivity index (χ1n) is 10.5.